The van der Waals surface area contributed by atoms with Crippen molar-refractivity contribution in [2.75, 3.05) is 7.05 Å². The highest BCUT2D eigenvalue weighted by Gasteiger charge is 2.30. The SMILES string of the molecule is C/C=C\C.CC(=O)C1=C(c2ccc(C(F)(F)F)cc2)C=CCC1C.CNC1Cc2ccc(C)cc2C1. The molecule has 0 spiro atoms. The number of aryl methyl sites for hydroxylation is 1. The topological polar surface area (TPSA) is 29.1 Å². The number of hydrogen-bond acceptors (Lipinski definition) is 2. The fourth-order valence-corrected chi connectivity index (χ4v) is 4.44. The predicted octanol–water partition coefficient (Wildman–Crippen LogP) is 7.91. The first-order valence-electron chi connectivity index (χ1n) is 12.4. The minimum Gasteiger partial charge on any atom is -0.316 e. The summed E-state index contributed by atoms with van der Waals surface area (Å²) in [6, 6.07) is 12.4. The van der Waals surface area contributed by atoms with Crippen LogP contribution >= 0.6 is 0 Å². The van der Waals surface area contributed by atoms with Gasteiger partial charge in [0.25, 0.3) is 0 Å². The van der Waals surface area contributed by atoms with Gasteiger partial charge < -0.3 is 5.32 Å². The summed E-state index contributed by atoms with van der Waals surface area (Å²) in [4.78, 5) is 11.7. The number of Topliss-reactive ketones (excluding diaryl/α,β-unsaturated/α-hetero) is 1. The van der Waals surface area contributed by atoms with E-state index in [2.05, 4.69) is 30.4 Å². The molecule has 0 aliphatic heterocycles. The normalized spacial score (nSPS) is 18.8. The maximum absolute atomic E-state index is 12.5. The second kappa shape index (κ2) is 13.4. The zero-order valence-corrected chi connectivity index (χ0v) is 22.2. The van der Waals surface area contributed by atoms with Crippen molar-refractivity contribution in [3.63, 3.8) is 0 Å². The summed E-state index contributed by atoms with van der Waals surface area (Å²) in [5.41, 5.74) is 5.82. The van der Waals surface area contributed by atoms with Gasteiger partial charge in [-0.3, -0.25) is 4.79 Å². The van der Waals surface area contributed by atoms with E-state index in [1.807, 2.05) is 52.1 Å². The van der Waals surface area contributed by atoms with E-state index in [-0.39, 0.29) is 11.7 Å². The molecule has 5 heteroatoms. The lowest BCUT2D eigenvalue weighted by atomic mass is 9.83. The Balaban J connectivity index is 0.000000240. The molecule has 2 aliphatic carbocycles. The summed E-state index contributed by atoms with van der Waals surface area (Å²) in [5, 5.41) is 3.33. The van der Waals surface area contributed by atoms with Crippen molar-refractivity contribution in [2.45, 2.75) is 66.1 Å². The first-order chi connectivity index (χ1) is 17.0. The molecule has 0 radical (unpaired) electrons. The minimum atomic E-state index is -4.34. The Labute approximate surface area is 214 Å². The molecule has 0 bridgehead atoms. The number of hydrogen-bond donors (Lipinski definition) is 1. The van der Waals surface area contributed by atoms with Crippen molar-refractivity contribution in [1.29, 1.82) is 0 Å². The molecule has 4 rings (SSSR count). The van der Waals surface area contributed by atoms with Gasteiger partial charge in [-0.1, -0.05) is 67.1 Å². The van der Waals surface area contributed by atoms with Crippen LogP contribution in [0.3, 0.4) is 0 Å². The standard InChI is InChI=1S/C16H15F3O.C11H15N.C4H8/c1-10-4-3-5-14(15(10)11(2)20)12-6-8-13(9-7-12)16(17,18)19;1-8-3-4-9-6-11(12-2)7-10(9)5-8;1-3-4-2/h3,5-10H,4H2,1-2H3;3-5,11-12H,6-7H2,1-2H3;3-4H,1-2H3/b;;4-3-. The van der Waals surface area contributed by atoms with Crippen molar-refractivity contribution < 1.29 is 18.0 Å². The Morgan fingerprint density at radius 3 is 2.14 bits per heavy atom. The molecule has 0 amide bonds. The number of rotatable bonds is 3. The van der Waals surface area contributed by atoms with Gasteiger partial charge in [0.15, 0.2) is 5.78 Å². The lowest BCUT2D eigenvalue weighted by molar-refractivity contribution is -0.137. The number of allylic oxidation sites excluding steroid dienone is 6. The number of benzene rings is 2. The second-order valence-electron chi connectivity index (χ2n) is 9.33. The van der Waals surface area contributed by atoms with Crippen LogP contribution in [-0.2, 0) is 23.8 Å². The molecule has 36 heavy (non-hydrogen) atoms. The van der Waals surface area contributed by atoms with Crippen molar-refractivity contribution in [3.8, 4) is 0 Å². The van der Waals surface area contributed by atoms with Crippen LogP contribution in [0.4, 0.5) is 13.2 Å². The number of carbonyl (C=O) groups excluding carboxylic acids is 1. The summed E-state index contributed by atoms with van der Waals surface area (Å²) >= 11 is 0. The Morgan fingerprint density at radius 2 is 1.61 bits per heavy atom. The van der Waals surface area contributed by atoms with Crippen LogP contribution in [0, 0.1) is 12.8 Å². The van der Waals surface area contributed by atoms with E-state index in [0.29, 0.717) is 17.2 Å². The summed E-state index contributed by atoms with van der Waals surface area (Å²) in [6.07, 6.45) is 6.61. The summed E-state index contributed by atoms with van der Waals surface area (Å²) in [7, 11) is 2.05. The smallest absolute Gasteiger partial charge is 0.316 e. The molecule has 194 valence electrons. The molecule has 0 saturated heterocycles. The number of ketones is 1. The molecule has 0 saturated carbocycles. The molecular formula is C31H38F3NO. The van der Waals surface area contributed by atoms with Gasteiger partial charge in [-0.25, -0.2) is 0 Å². The van der Waals surface area contributed by atoms with Crippen LogP contribution in [0.15, 0.2) is 72.3 Å². The zero-order valence-electron chi connectivity index (χ0n) is 22.2. The van der Waals surface area contributed by atoms with E-state index in [9.17, 15) is 18.0 Å². The maximum atomic E-state index is 12.5. The van der Waals surface area contributed by atoms with Gasteiger partial charge in [-0.05, 0) is 94.3 Å². The Kier molecular flexibility index (Phi) is 10.9. The maximum Gasteiger partial charge on any atom is 0.416 e. The van der Waals surface area contributed by atoms with Gasteiger partial charge in [-0.15, -0.1) is 0 Å². The van der Waals surface area contributed by atoms with Gasteiger partial charge in [0.2, 0.25) is 0 Å². The predicted molar refractivity (Wildman–Crippen MR) is 144 cm³/mol. The number of nitrogens with one attached hydrogen (secondary N) is 1. The third-order valence-electron chi connectivity index (χ3n) is 6.50. The molecule has 0 heterocycles. The lowest BCUT2D eigenvalue weighted by Gasteiger charge is -2.20. The highest BCUT2D eigenvalue weighted by atomic mass is 19.4. The molecule has 2 nitrogen and oxygen atoms in total. The fourth-order valence-electron chi connectivity index (χ4n) is 4.44. The molecule has 2 aromatic carbocycles. The average molecular weight is 498 g/mol. The van der Waals surface area contributed by atoms with Crippen molar-refractivity contribution in [2.24, 2.45) is 5.92 Å². The summed E-state index contributed by atoms with van der Waals surface area (Å²) < 4.78 is 37.6. The van der Waals surface area contributed by atoms with Crippen LogP contribution in [0.1, 0.15) is 61.9 Å². The van der Waals surface area contributed by atoms with Crippen LogP contribution < -0.4 is 5.32 Å². The van der Waals surface area contributed by atoms with E-state index in [0.717, 1.165) is 24.1 Å². The number of fused-ring (bicyclic) bond motifs is 1. The number of halogens is 3. The zero-order chi connectivity index (χ0) is 26.9. The highest BCUT2D eigenvalue weighted by Crippen LogP contribution is 2.34. The van der Waals surface area contributed by atoms with Crippen LogP contribution in [0.25, 0.3) is 5.57 Å². The minimum absolute atomic E-state index is 0.0308. The van der Waals surface area contributed by atoms with Gasteiger partial charge in [0.05, 0.1) is 5.56 Å². The Bertz CT molecular complexity index is 1100. The molecule has 2 unspecified atom stereocenters. The average Bonchev–Trinajstić information content (AvgIpc) is 3.26. The van der Waals surface area contributed by atoms with E-state index >= 15 is 0 Å². The molecular weight excluding hydrogens is 459 g/mol. The van der Waals surface area contributed by atoms with E-state index < -0.39 is 11.7 Å². The Morgan fingerprint density at radius 1 is 1.00 bits per heavy atom. The van der Waals surface area contributed by atoms with E-state index in [4.69, 9.17) is 0 Å². The largest absolute Gasteiger partial charge is 0.416 e. The van der Waals surface area contributed by atoms with Gasteiger partial charge in [0.1, 0.15) is 0 Å². The monoisotopic (exact) mass is 497 g/mol. The van der Waals surface area contributed by atoms with Crippen LogP contribution in [-0.4, -0.2) is 18.9 Å². The lowest BCUT2D eigenvalue weighted by Crippen LogP contribution is -2.24. The molecule has 0 fully saturated rings. The highest BCUT2D eigenvalue weighted by molar-refractivity contribution is 6.04. The van der Waals surface area contributed by atoms with Crippen molar-refractivity contribution >= 4 is 11.4 Å². The van der Waals surface area contributed by atoms with Gasteiger partial charge >= 0.3 is 6.18 Å². The van der Waals surface area contributed by atoms with Crippen molar-refractivity contribution in [1.82, 2.24) is 5.32 Å². The summed E-state index contributed by atoms with van der Waals surface area (Å²) in [5.74, 6) is 0.0616. The van der Waals surface area contributed by atoms with Crippen molar-refractivity contribution in [3.05, 3.63) is 100 Å². The number of alkyl halides is 3. The first-order valence-corrected chi connectivity index (χ1v) is 12.4. The fraction of sp³-hybridized carbons (Fsp3) is 0.387. The number of likely N-dealkylation sites (N-methyl/N-ethyl adjacent to an activating group) is 1. The quantitative estimate of drug-likeness (QED) is 0.437. The van der Waals surface area contributed by atoms with E-state index in [1.165, 1.54) is 48.6 Å². The van der Waals surface area contributed by atoms with Gasteiger partial charge in [0, 0.05) is 11.6 Å². The van der Waals surface area contributed by atoms with Gasteiger partial charge in [-0.2, -0.15) is 13.2 Å². The molecule has 2 aromatic rings. The van der Waals surface area contributed by atoms with Crippen LogP contribution in [0.2, 0.25) is 0 Å². The Hall–Kier alpha value is -2.92. The molecule has 2 atom stereocenters. The van der Waals surface area contributed by atoms with Crippen LogP contribution in [0.5, 0.6) is 0 Å². The second-order valence-corrected chi connectivity index (χ2v) is 9.33. The third kappa shape index (κ3) is 8.06. The molecule has 2 aliphatic rings. The molecule has 0 aromatic heterocycles. The number of carbonyl (C=O) groups is 1. The third-order valence-corrected chi connectivity index (χ3v) is 6.50. The molecule has 1 N–H and O–H groups in total. The summed E-state index contributed by atoms with van der Waals surface area (Å²) in [6.45, 7) is 9.60. The first kappa shape index (κ1) is 29.3. The van der Waals surface area contributed by atoms with E-state index in [1.54, 1.807) is 0 Å².